The number of nitrogens with zero attached hydrogens (tertiary/aromatic N) is 2. The van der Waals surface area contributed by atoms with Crippen molar-refractivity contribution < 1.29 is 0 Å². The molecule has 0 spiro atoms. The zero-order valence-electron chi connectivity index (χ0n) is 14.6. The first kappa shape index (κ1) is 17.2. The van der Waals surface area contributed by atoms with Crippen LogP contribution in [0.1, 0.15) is 51.9 Å². The summed E-state index contributed by atoms with van der Waals surface area (Å²) in [4.78, 5) is 5.08. The predicted octanol–water partition coefficient (Wildman–Crippen LogP) is 2.82. The Kier molecular flexibility index (Phi) is 7.48. The first-order chi connectivity index (χ1) is 10.2. The predicted molar refractivity (Wildman–Crippen MR) is 91.8 cm³/mol. The molecule has 2 fully saturated rings. The quantitative estimate of drug-likeness (QED) is 0.779. The van der Waals surface area contributed by atoms with Gasteiger partial charge in [0.25, 0.3) is 0 Å². The number of hydrogen-bond donors (Lipinski definition) is 1. The zero-order chi connectivity index (χ0) is 15.1. The fourth-order valence-corrected chi connectivity index (χ4v) is 4.33. The van der Waals surface area contributed by atoms with Crippen LogP contribution in [0.2, 0.25) is 0 Å². The average Bonchev–Trinajstić information content (AvgIpc) is 2.49. The van der Waals surface area contributed by atoms with E-state index in [0.29, 0.717) is 0 Å². The van der Waals surface area contributed by atoms with E-state index >= 15 is 0 Å². The Morgan fingerprint density at radius 2 is 1.71 bits per heavy atom. The van der Waals surface area contributed by atoms with Gasteiger partial charge in [-0.25, -0.2) is 0 Å². The normalized spacial score (nSPS) is 24.6. The molecule has 0 bridgehead atoms. The van der Waals surface area contributed by atoms with E-state index in [4.69, 9.17) is 0 Å². The highest BCUT2D eigenvalue weighted by atomic mass is 15.2. The van der Waals surface area contributed by atoms with Crippen LogP contribution in [0.15, 0.2) is 0 Å². The molecule has 0 radical (unpaired) electrons. The third-order valence-electron chi connectivity index (χ3n) is 5.47. The minimum absolute atomic E-state index is 0.737. The van der Waals surface area contributed by atoms with E-state index in [0.717, 1.165) is 24.4 Å². The maximum atomic E-state index is 3.79. The molecule has 1 saturated carbocycles. The summed E-state index contributed by atoms with van der Waals surface area (Å²) in [6, 6.07) is 0.737. The van der Waals surface area contributed by atoms with Crippen LogP contribution in [-0.2, 0) is 0 Å². The molecule has 1 aliphatic heterocycles. The number of hydrogen-bond acceptors (Lipinski definition) is 3. The molecule has 1 N–H and O–H groups in total. The summed E-state index contributed by atoms with van der Waals surface area (Å²) < 4.78 is 0. The van der Waals surface area contributed by atoms with Gasteiger partial charge in [0, 0.05) is 19.1 Å². The van der Waals surface area contributed by atoms with E-state index in [1.807, 2.05) is 0 Å². The molecule has 3 nitrogen and oxygen atoms in total. The molecular weight excluding hydrogens is 258 g/mol. The molecule has 1 unspecified atom stereocenters. The van der Waals surface area contributed by atoms with Crippen molar-refractivity contribution in [2.24, 2.45) is 11.8 Å². The highest BCUT2D eigenvalue weighted by Crippen LogP contribution is 2.28. The molecule has 21 heavy (non-hydrogen) atoms. The van der Waals surface area contributed by atoms with Gasteiger partial charge in [-0.05, 0) is 71.2 Å². The lowest BCUT2D eigenvalue weighted by molar-refractivity contribution is 0.130. The topological polar surface area (TPSA) is 18.5 Å². The van der Waals surface area contributed by atoms with Crippen molar-refractivity contribution in [3.63, 3.8) is 0 Å². The van der Waals surface area contributed by atoms with E-state index in [2.05, 4.69) is 36.1 Å². The minimum atomic E-state index is 0.737. The van der Waals surface area contributed by atoms with Crippen LogP contribution in [0.25, 0.3) is 0 Å². The highest BCUT2D eigenvalue weighted by molar-refractivity contribution is 4.84. The molecule has 2 rings (SSSR count). The smallest absolute Gasteiger partial charge is 0.0223 e. The van der Waals surface area contributed by atoms with Crippen LogP contribution in [-0.4, -0.2) is 62.7 Å². The van der Waals surface area contributed by atoms with Crippen molar-refractivity contribution in [3.8, 4) is 0 Å². The third-order valence-corrected chi connectivity index (χ3v) is 5.47. The summed E-state index contributed by atoms with van der Waals surface area (Å²) in [7, 11) is 4.41. The molecule has 0 aromatic rings. The van der Waals surface area contributed by atoms with Gasteiger partial charge in [-0.3, -0.25) is 0 Å². The van der Waals surface area contributed by atoms with Crippen LogP contribution in [0.3, 0.4) is 0 Å². The van der Waals surface area contributed by atoms with Gasteiger partial charge in [0.05, 0.1) is 0 Å². The largest absolute Gasteiger partial charge is 0.313 e. The Bertz CT molecular complexity index is 266. The van der Waals surface area contributed by atoms with Crippen molar-refractivity contribution in [3.05, 3.63) is 0 Å². The molecule has 1 atom stereocenters. The van der Waals surface area contributed by atoms with Crippen LogP contribution in [0.5, 0.6) is 0 Å². The molecule has 124 valence electrons. The summed E-state index contributed by atoms with van der Waals surface area (Å²) >= 11 is 0. The maximum absolute atomic E-state index is 3.79. The lowest BCUT2D eigenvalue weighted by Gasteiger charge is -2.38. The van der Waals surface area contributed by atoms with Crippen LogP contribution >= 0.6 is 0 Å². The SMILES string of the molecule is CCNC(CN1CCC(CN(C)C)CC1)C1CCCCC1. The molecule has 1 heterocycles. The van der Waals surface area contributed by atoms with Crippen LogP contribution < -0.4 is 5.32 Å². The van der Waals surface area contributed by atoms with E-state index < -0.39 is 0 Å². The zero-order valence-corrected chi connectivity index (χ0v) is 14.6. The van der Waals surface area contributed by atoms with Gasteiger partial charge in [-0.15, -0.1) is 0 Å². The minimum Gasteiger partial charge on any atom is -0.313 e. The van der Waals surface area contributed by atoms with E-state index in [-0.39, 0.29) is 0 Å². The van der Waals surface area contributed by atoms with E-state index in [1.165, 1.54) is 71.1 Å². The Balaban J connectivity index is 1.76. The first-order valence-electron chi connectivity index (χ1n) is 9.29. The van der Waals surface area contributed by atoms with Gasteiger partial charge < -0.3 is 15.1 Å². The molecule has 3 heteroatoms. The van der Waals surface area contributed by atoms with Gasteiger partial charge in [0.2, 0.25) is 0 Å². The molecular formula is C18H37N3. The van der Waals surface area contributed by atoms with Crippen molar-refractivity contribution in [1.29, 1.82) is 0 Å². The summed E-state index contributed by atoms with van der Waals surface area (Å²) in [5, 5.41) is 3.79. The molecule has 0 aromatic carbocycles. The number of rotatable bonds is 7. The molecule has 1 saturated heterocycles. The lowest BCUT2D eigenvalue weighted by atomic mass is 9.83. The van der Waals surface area contributed by atoms with Gasteiger partial charge in [0.1, 0.15) is 0 Å². The Morgan fingerprint density at radius 3 is 2.29 bits per heavy atom. The monoisotopic (exact) mass is 295 g/mol. The van der Waals surface area contributed by atoms with E-state index in [9.17, 15) is 0 Å². The second-order valence-electron chi connectivity index (χ2n) is 7.57. The summed E-state index contributed by atoms with van der Waals surface area (Å²) in [5.74, 6) is 1.85. The van der Waals surface area contributed by atoms with Crippen molar-refractivity contribution >= 4 is 0 Å². The first-order valence-corrected chi connectivity index (χ1v) is 9.29. The average molecular weight is 296 g/mol. The van der Waals surface area contributed by atoms with Gasteiger partial charge >= 0.3 is 0 Å². The third kappa shape index (κ3) is 5.88. The standard InChI is InChI=1S/C18H37N3/c1-4-19-18(17-8-6-5-7-9-17)15-21-12-10-16(11-13-21)14-20(2)3/h16-19H,4-15H2,1-3H3. The highest BCUT2D eigenvalue weighted by Gasteiger charge is 2.27. The van der Waals surface area contributed by atoms with Crippen molar-refractivity contribution in [2.45, 2.75) is 57.9 Å². The van der Waals surface area contributed by atoms with Gasteiger partial charge in [-0.1, -0.05) is 26.2 Å². The second kappa shape index (κ2) is 9.12. The van der Waals surface area contributed by atoms with Gasteiger partial charge in [-0.2, -0.15) is 0 Å². The lowest BCUT2D eigenvalue weighted by Crippen LogP contribution is -2.48. The van der Waals surface area contributed by atoms with Crippen molar-refractivity contribution in [1.82, 2.24) is 15.1 Å². The maximum Gasteiger partial charge on any atom is 0.0223 e. The number of likely N-dealkylation sites (tertiary alicyclic amines) is 1. The Morgan fingerprint density at radius 1 is 1.05 bits per heavy atom. The fourth-order valence-electron chi connectivity index (χ4n) is 4.33. The van der Waals surface area contributed by atoms with Gasteiger partial charge in [0.15, 0.2) is 0 Å². The summed E-state index contributed by atoms with van der Waals surface area (Å²) in [6.07, 6.45) is 10.1. The number of likely N-dealkylation sites (N-methyl/N-ethyl adjacent to an activating group) is 1. The number of nitrogens with one attached hydrogen (secondary N) is 1. The van der Waals surface area contributed by atoms with Crippen LogP contribution in [0, 0.1) is 11.8 Å². The Labute approximate surface area is 132 Å². The molecule has 0 amide bonds. The van der Waals surface area contributed by atoms with E-state index in [1.54, 1.807) is 0 Å². The van der Waals surface area contributed by atoms with Crippen molar-refractivity contribution in [2.75, 3.05) is 46.8 Å². The van der Waals surface area contributed by atoms with Crippen LogP contribution in [0.4, 0.5) is 0 Å². The molecule has 2 aliphatic rings. The summed E-state index contributed by atoms with van der Waals surface area (Å²) in [6.45, 7) is 8.57. The number of piperidine rings is 1. The molecule has 1 aliphatic carbocycles. The molecule has 0 aromatic heterocycles. The Hall–Kier alpha value is -0.120. The summed E-state index contributed by atoms with van der Waals surface area (Å²) in [5.41, 5.74) is 0. The second-order valence-corrected chi connectivity index (χ2v) is 7.57. The fraction of sp³-hybridized carbons (Fsp3) is 1.00.